The minimum absolute atomic E-state index is 0.129. The molecule has 0 saturated carbocycles. The maximum Gasteiger partial charge on any atom is 0.274 e. The Morgan fingerprint density at radius 1 is 1.13 bits per heavy atom. The number of aromatic nitrogens is 2. The molecule has 0 saturated heterocycles. The van der Waals surface area contributed by atoms with Gasteiger partial charge in [0.25, 0.3) is 5.56 Å². The molecule has 23 heavy (non-hydrogen) atoms. The summed E-state index contributed by atoms with van der Waals surface area (Å²) in [6, 6.07) is 14.9. The lowest BCUT2D eigenvalue weighted by molar-refractivity contribution is 0.548. The van der Waals surface area contributed by atoms with Crippen molar-refractivity contribution in [2.24, 2.45) is 7.05 Å². The van der Waals surface area contributed by atoms with Gasteiger partial charge in [0, 0.05) is 24.5 Å². The molecular weight excluding hydrogens is 314 g/mol. The van der Waals surface area contributed by atoms with Crippen molar-refractivity contribution in [1.29, 1.82) is 0 Å². The van der Waals surface area contributed by atoms with Crippen LogP contribution in [-0.2, 0) is 24.9 Å². The summed E-state index contributed by atoms with van der Waals surface area (Å²) in [6.07, 6.45) is 0. The molecule has 1 unspecified atom stereocenters. The zero-order valence-electron chi connectivity index (χ0n) is 12.4. The van der Waals surface area contributed by atoms with Gasteiger partial charge in [-0.1, -0.05) is 42.5 Å². The van der Waals surface area contributed by atoms with Crippen LogP contribution in [0.25, 0.3) is 22.0 Å². The first-order valence-electron chi connectivity index (χ1n) is 6.96. The van der Waals surface area contributed by atoms with E-state index in [1.165, 1.54) is 4.68 Å². The van der Waals surface area contributed by atoms with Gasteiger partial charge in [0.15, 0.2) is 0 Å². The zero-order valence-corrected chi connectivity index (χ0v) is 13.2. The van der Waals surface area contributed by atoms with Crippen molar-refractivity contribution in [1.82, 2.24) is 14.5 Å². The molecule has 0 fully saturated rings. The van der Waals surface area contributed by atoms with Crippen molar-refractivity contribution < 1.29 is 8.76 Å². The molecule has 0 amide bonds. The van der Waals surface area contributed by atoms with Crippen LogP contribution in [-0.4, -0.2) is 18.5 Å². The van der Waals surface area contributed by atoms with Gasteiger partial charge in [0.05, 0.1) is 11.1 Å². The molecular formula is C16H15N3O3S. The molecule has 1 aromatic heterocycles. The first-order valence-corrected chi connectivity index (χ1v) is 8.06. The van der Waals surface area contributed by atoms with Gasteiger partial charge >= 0.3 is 0 Å². The van der Waals surface area contributed by atoms with E-state index in [0.29, 0.717) is 11.9 Å². The minimum atomic E-state index is -2.03. The quantitative estimate of drug-likeness (QED) is 0.715. The molecule has 1 atom stereocenters. The van der Waals surface area contributed by atoms with Crippen LogP contribution in [0.1, 0.15) is 5.56 Å². The predicted molar refractivity (Wildman–Crippen MR) is 90.0 cm³/mol. The fraction of sp³-hybridized carbons (Fsp3) is 0.125. The van der Waals surface area contributed by atoms with Gasteiger partial charge in [-0.25, -0.2) is 13.6 Å². The van der Waals surface area contributed by atoms with Crippen LogP contribution in [0, 0.1) is 0 Å². The highest BCUT2D eigenvalue weighted by atomic mass is 32.2. The highest BCUT2D eigenvalue weighted by Gasteiger charge is 2.10. The molecule has 7 heteroatoms. The molecule has 0 aliphatic heterocycles. The van der Waals surface area contributed by atoms with Crippen LogP contribution < -0.4 is 10.3 Å². The van der Waals surface area contributed by atoms with Crippen LogP contribution in [0.5, 0.6) is 0 Å². The van der Waals surface area contributed by atoms with E-state index in [0.717, 1.165) is 22.2 Å². The SMILES string of the molecule is Cn1nc(-c2ccc(CNS(=O)O)cc2)c2ccccc2c1=O. The molecule has 0 bridgehead atoms. The Morgan fingerprint density at radius 3 is 2.43 bits per heavy atom. The van der Waals surface area contributed by atoms with Crippen LogP contribution in [0.4, 0.5) is 0 Å². The third-order valence-electron chi connectivity index (χ3n) is 3.58. The Kier molecular flexibility index (Phi) is 4.33. The van der Waals surface area contributed by atoms with Gasteiger partial charge in [0.1, 0.15) is 0 Å². The number of rotatable bonds is 4. The van der Waals surface area contributed by atoms with E-state index in [9.17, 15) is 9.00 Å². The number of hydrogen-bond donors (Lipinski definition) is 2. The van der Waals surface area contributed by atoms with Crippen molar-refractivity contribution in [2.45, 2.75) is 6.54 Å². The molecule has 3 rings (SSSR count). The molecule has 1 heterocycles. The summed E-state index contributed by atoms with van der Waals surface area (Å²) in [7, 11) is 1.63. The van der Waals surface area contributed by atoms with Crippen LogP contribution in [0.15, 0.2) is 53.3 Å². The molecule has 0 aliphatic carbocycles. The van der Waals surface area contributed by atoms with Crippen molar-refractivity contribution in [3.8, 4) is 11.3 Å². The number of nitrogens with one attached hydrogen (secondary N) is 1. The average Bonchev–Trinajstić information content (AvgIpc) is 2.57. The van der Waals surface area contributed by atoms with Crippen LogP contribution >= 0.6 is 0 Å². The Balaban J connectivity index is 2.05. The number of benzene rings is 2. The van der Waals surface area contributed by atoms with E-state index >= 15 is 0 Å². The molecule has 2 aromatic carbocycles. The average molecular weight is 329 g/mol. The van der Waals surface area contributed by atoms with E-state index < -0.39 is 11.3 Å². The summed E-state index contributed by atoms with van der Waals surface area (Å²) >= 11 is -2.03. The van der Waals surface area contributed by atoms with Crippen molar-refractivity contribution >= 4 is 22.0 Å². The summed E-state index contributed by atoms with van der Waals surface area (Å²) in [6.45, 7) is 0.296. The molecule has 0 aliphatic rings. The number of aryl methyl sites for hydroxylation is 1. The van der Waals surface area contributed by atoms with Crippen molar-refractivity contribution in [3.05, 3.63) is 64.4 Å². The monoisotopic (exact) mass is 329 g/mol. The van der Waals surface area contributed by atoms with Gasteiger partial charge in [-0.2, -0.15) is 5.10 Å². The Labute approximate surface area is 135 Å². The van der Waals surface area contributed by atoms with Gasteiger partial charge < -0.3 is 0 Å². The number of fused-ring (bicyclic) bond motifs is 1. The van der Waals surface area contributed by atoms with Gasteiger partial charge in [-0.15, -0.1) is 0 Å². The normalized spacial score (nSPS) is 12.4. The van der Waals surface area contributed by atoms with E-state index in [2.05, 4.69) is 9.82 Å². The van der Waals surface area contributed by atoms with E-state index in [1.807, 2.05) is 42.5 Å². The Bertz CT molecular complexity index is 935. The third kappa shape index (κ3) is 3.21. The van der Waals surface area contributed by atoms with Crippen molar-refractivity contribution in [3.63, 3.8) is 0 Å². The fourth-order valence-corrected chi connectivity index (χ4v) is 2.73. The lowest BCUT2D eigenvalue weighted by Crippen LogP contribution is -2.20. The second-order valence-electron chi connectivity index (χ2n) is 5.09. The smallest absolute Gasteiger partial charge is 0.274 e. The summed E-state index contributed by atoms with van der Waals surface area (Å²) < 4.78 is 23.1. The molecule has 0 spiro atoms. The fourth-order valence-electron chi connectivity index (χ4n) is 2.44. The molecule has 3 aromatic rings. The lowest BCUT2D eigenvalue weighted by Gasteiger charge is -2.09. The Morgan fingerprint density at radius 2 is 1.78 bits per heavy atom. The minimum Gasteiger partial charge on any atom is -0.294 e. The topological polar surface area (TPSA) is 84.2 Å². The van der Waals surface area contributed by atoms with E-state index in [1.54, 1.807) is 13.1 Å². The second-order valence-corrected chi connectivity index (χ2v) is 5.88. The van der Waals surface area contributed by atoms with Crippen LogP contribution in [0.2, 0.25) is 0 Å². The van der Waals surface area contributed by atoms with Gasteiger partial charge in [-0.05, 0) is 11.6 Å². The number of hydrogen-bond acceptors (Lipinski definition) is 3. The van der Waals surface area contributed by atoms with Crippen molar-refractivity contribution in [2.75, 3.05) is 0 Å². The zero-order chi connectivity index (χ0) is 16.4. The highest BCUT2D eigenvalue weighted by Crippen LogP contribution is 2.24. The third-order valence-corrected chi connectivity index (χ3v) is 3.97. The molecule has 6 nitrogen and oxygen atoms in total. The maximum atomic E-state index is 12.2. The van der Waals surface area contributed by atoms with E-state index in [-0.39, 0.29) is 5.56 Å². The second kappa shape index (κ2) is 6.41. The lowest BCUT2D eigenvalue weighted by atomic mass is 10.0. The maximum absolute atomic E-state index is 12.2. The number of nitrogens with zero attached hydrogens (tertiary/aromatic N) is 2. The largest absolute Gasteiger partial charge is 0.294 e. The summed E-state index contributed by atoms with van der Waals surface area (Å²) in [5, 5.41) is 5.80. The summed E-state index contributed by atoms with van der Waals surface area (Å²) in [4.78, 5) is 12.2. The standard InChI is InChI=1S/C16H15N3O3S/c1-19-16(20)14-5-3-2-4-13(14)15(18-19)12-8-6-11(7-9-12)10-17-23(21)22/h2-9,17H,10H2,1H3,(H,21,22). The summed E-state index contributed by atoms with van der Waals surface area (Å²) in [5.74, 6) is 0. The summed E-state index contributed by atoms with van der Waals surface area (Å²) in [5.41, 5.74) is 2.36. The Hall–Kier alpha value is -2.35. The van der Waals surface area contributed by atoms with Gasteiger partial charge in [0.2, 0.25) is 11.3 Å². The highest BCUT2D eigenvalue weighted by molar-refractivity contribution is 7.77. The van der Waals surface area contributed by atoms with Crippen LogP contribution in [0.3, 0.4) is 0 Å². The molecule has 2 N–H and O–H groups in total. The van der Waals surface area contributed by atoms with Gasteiger partial charge in [-0.3, -0.25) is 9.35 Å². The molecule has 0 radical (unpaired) electrons. The predicted octanol–water partition coefficient (Wildman–Crippen LogP) is 1.83. The first-order chi connectivity index (χ1) is 11.1. The molecule has 118 valence electrons. The first kappa shape index (κ1) is 15.5. The van der Waals surface area contributed by atoms with E-state index in [4.69, 9.17) is 4.55 Å².